The third-order valence-electron chi connectivity index (χ3n) is 3.11. The molecule has 4 nitrogen and oxygen atoms in total. The Hall–Kier alpha value is -1.88. The lowest BCUT2D eigenvalue weighted by Crippen LogP contribution is -2.14. The summed E-state index contributed by atoms with van der Waals surface area (Å²) >= 11 is 5.73. The van der Waals surface area contributed by atoms with Crippen LogP contribution in [0.5, 0.6) is 5.75 Å². The molecule has 1 aromatic carbocycles. The van der Waals surface area contributed by atoms with Crippen molar-refractivity contribution in [1.82, 2.24) is 9.78 Å². The summed E-state index contributed by atoms with van der Waals surface area (Å²) in [5.41, 5.74) is 0.623. The highest BCUT2D eigenvalue weighted by Gasteiger charge is 2.21. The molecule has 0 N–H and O–H groups in total. The van der Waals surface area contributed by atoms with E-state index >= 15 is 0 Å². The summed E-state index contributed by atoms with van der Waals surface area (Å²) in [6, 6.07) is 4.62. The Labute approximate surface area is 127 Å². The average molecular weight is 311 g/mol. The number of aromatic nitrogens is 2. The molecule has 0 amide bonds. The summed E-state index contributed by atoms with van der Waals surface area (Å²) in [6.07, 6.45) is 2.24. The second-order valence-electron chi connectivity index (χ2n) is 4.60. The van der Waals surface area contributed by atoms with Crippen molar-refractivity contribution in [3.8, 4) is 5.75 Å². The molecule has 0 fully saturated rings. The van der Waals surface area contributed by atoms with Crippen molar-refractivity contribution >= 4 is 17.4 Å². The Morgan fingerprint density at radius 2 is 2.24 bits per heavy atom. The first kappa shape index (κ1) is 15.5. The molecule has 0 saturated heterocycles. The monoisotopic (exact) mass is 310 g/mol. The van der Waals surface area contributed by atoms with Crippen LogP contribution in [0.2, 0.25) is 5.02 Å². The Morgan fingerprint density at radius 3 is 2.90 bits per heavy atom. The van der Waals surface area contributed by atoms with Crippen LogP contribution < -0.4 is 4.74 Å². The van der Waals surface area contributed by atoms with Crippen molar-refractivity contribution in [2.75, 3.05) is 7.11 Å². The van der Waals surface area contributed by atoms with Crippen LogP contribution in [0, 0.1) is 5.82 Å². The third-order valence-corrected chi connectivity index (χ3v) is 3.40. The van der Waals surface area contributed by atoms with E-state index in [4.69, 9.17) is 16.3 Å². The highest BCUT2D eigenvalue weighted by Crippen LogP contribution is 2.23. The van der Waals surface area contributed by atoms with Crippen molar-refractivity contribution in [1.29, 1.82) is 0 Å². The standard InChI is InChI=1S/C15H16ClFN2O2/c1-3-7-19-15(13(21-2)9-18-19)12(20)8-10-5-4-6-11(16)14(10)17/h4-6,9H,3,7-8H2,1-2H3. The van der Waals surface area contributed by atoms with E-state index in [0.717, 1.165) is 6.42 Å². The zero-order chi connectivity index (χ0) is 15.4. The van der Waals surface area contributed by atoms with Gasteiger partial charge in [-0.1, -0.05) is 30.7 Å². The number of Topliss-reactive ketones (excluding diaryl/α,β-unsaturated/α-hetero) is 1. The Kier molecular flexibility index (Phi) is 4.96. The number of ether oxygens (including phenoxy) is 1. The number of rotatable bonds is 6. The minimum absolute atomic E-state index is 0.00864. The van der Waals surface area contributed by atoms with E-state index in [9.17, 15) is 9.18 Å². The molecule has 0 saturated carbocycles. The summed E-state index contributed by atoms with van der Waals surface area (Å²) in [4.78, 5) is 12.5. The number of carbonyl (C=O) groups excluding carboxylic acids is 1. The molecule has 0 aliphatic rings. The summed E-state index contributed by atoms with van der Waals surface area (Å²) in [7, 11) is 1.48. The maximum absolute atomic E-state index is 13.9. The van der Waals surface area contributed by atoms with E-state index in [1.165, 1.54) is 19.4 Å². The van der Waals surface area contributed by atoms with Gasteiger partial charge in [0, 0.05) is 13.0 Å². The number of carbonyl (C=O) groups is 1. The topological polar surface area (TPSA) is 44.1 Å². The first-order valence-corrected chi connectivity index (χ1v) is 7.02. The van der Waals surface area contributed by atoms with E-state index in [1.54, 1.807) is 16.8 Å². The van der Waals surface area contributed by atoms with Gasteiger partial charge in [-0.2, -0.15) is 5.10 Å². The van der Waals surface area contributed by atoms with Crippen molar-refractivity contribution in [3.05, 3.63) is 46.5 Å². The molecule has 2 aromatic rings. The highest BCUT2D eigenvalue weighted by atomic mass is 35.5. The lowest BCUT2D eigenvalue weighted by molar-refractivity contribution is 0.0978. The fraction of sp³-hybridized carbons (Fsp3) is 0.333. The quantitative estimate of drug-likeness (QED) is 0.767. The molecule has 0 radical (unpaired) electrons. The molecule has 0 unspecified atom stereocenters. The van der Waals surface area contributed by atoms with Gasteiger partial charge in [0.25, 0.3) is 0 Å². The average Bonchev–Trinajstić information content (AvgIpc) is 2.87. The van der Waals surface area contributed by atoms with Gasteiger partial charge in [0.15, 0.2) is 11.5 Å². The van der Waals surface area contributed by atoms with Gasteiger partial charge in [-0.3, -0.25) is 9.48 Å². The van der Waals surface area contributed by atoms with Gasteiger partial charge in [-0.25, -0.2) is 4.39 Å². The number of methoxy groups -OCH3 is 1. The van der Waals surface area contributed by atoms with Gasteiger partial charge >= 0.3 is 0 Å². The Balaban J connectivity index is 2.32. The number of aryl methyl sites for hydroxylation is 1. The van der Waals surface area contributed by atoms with Crippen LogP contribution in [0.3, 0.4) is 0 Å². The van der Waals surface area contributed by atoms with Crippen LogP contribution in [-0.4, -0.2) is 22.7 Å². The van der Waals surface area contributed by atoms with Crippen molar-refractivity contribution < 1.29 is 13.9 Å². The summed E-state index contributed by atoms with van der Waals surface area (Å²) in [5, 5.41) is 4.14. The van der Waals surface area contributed by atoms with Gasteiger partial charge in [0.2, 0.25) is 0 Å². The summed E-state index contributed by atoms with van der Waals surface area (Å²) < 4.78 is 20.6. The minimum Gasteiger partial charge on any atom is -0.493 e. The van der Waals surface area contributed by atoms with Crippen molar-refractivity contribution in [3.63, 3.8) is 0 Å². The normalized spacial score (nSPS) is 10.7. The lowest BCUT2D eigenvalue weighted by Gasteiger charge is -2.08. The molecule has 2 rings (SSSR count). The number of nitrogens with zero attached hydrogens (tertiary/aromatic N) is 2. The van der Waals surface area contributed by atoms with Crippen molar-refractivity contribution in [2.45, 2.75) is 26.3 Å². The molecule has 6 heteroatoms. The molecular formula is C15H16ClFN2O2. The molecule has 0 atom stereocenters. The van der Waals surface area contributed by atoms with Gasteiger partial charge in [0.1, 0.15) is 11.5 Å². The van der Waals surface area contributed by atoms with Gasteiger partial charge in [-0.05, 0) is 18.1 Å². The van der Waals surface area contributed by atoms with Crippen LogP contribution in [0.15, 0.2) is 24.4 Å². The summed E-state index contributed by atoms with van der Waals surface area (Å²) in [5.74, 6) is -0.414. The van der Waals surface area contributed by atoms with E-state index in [-0.39, 0.29) is 22.8 Å². The molecular weight excluding hydrogens is 295 g/mol. The summed E-state index contributed by atoms with van der Waals surface area (Å²) in [6.45, 7) is 2.58. The number of halogens is 2. The molecule has 1 heterocycles. The first-order chi connectivity index (χ1) is 10.1. The van der Waals surface area contributed by atoms with E-state index in [0.29, 0.717) is 18.0 Å². The number of ketones is 1. The SMILES string of the molecule is CCCn1ncc(OC)c1C(=O)Cc1cccc(Cl)c1F. The van der Waals surface area contributed by atoms with Crippen LogP contribution in [0.25, 0.3) is 0 Å². The predicted octanol–water partition coefficient (Wildman–Crippen LogP) is 3.52. The molecule has 112 valence electrons. The van der Waals surface area contributed by atoms with Gasteiger partial charge in [0.05, 0.1) is 18.3 Å². The third kappa shape index (κ3) is 3.24. The Bertz CT molecular complexity index is 655. The fourth-order valence-corrected chi connectivity index (χ4v) is 2.32. The maximum atomic E-state index is 13.9. The zero-order valence-corrected chi connectivity index (χ0v) is 12.7. The van der Waals surface area contributed by atoms with E-state index < -0.39 is 5.82 Å². The molecule has 0 bridgehead atoms. The predicted molar refractivity (Wildman–Crippen MR) is 78.5 cm³/mol. The van der Waals surface area contributed by atoms with Gasteiger partial charge < -0.3 is 4.74 Å². The van der Waals surface area contributed by atoms with E-state index in [2.05, 4.69) is 5.10 Å². The minimum atomic E-state index is -0.562. The van der Waals surface area contributed by atoms with Crippen LogP contribution in [0.1, 0.15) is 29.4 Å². The van der Waals surface area contributed by atoms with Gasteiger partial charge in [-0.15, -0.1) is 0 Å². The van der Waals surface area contributed by atoms with Crippen LogP contribution in [-0.2, 0) is 13.0 Å². The highest BCUT2D eigenvalue weighted by molar-refractivity contribution is 6.30. The molecule has 1 aromatic heterocycles. The largest absolute Gasteiger partial charge is 0.493 e. The van der Waals surface area contributed by atoms with Crippen LogP contribution in [0.4, 0.5) is 4.39 Å². The van der Waals surface area contributed by atoms with Crippen molar-refractivity contribution in [2.24, 2.45) is 0 Å². The molecule has 0 aliphatic heterocycles. The second kappa shape index (κ2) is 6.72. The first-order valence-electron chi connectivity index (χ1n) is 6.64. The molecule has 0 aliphatic carbocycles. The number of benzene rings is 1. The zero-order valence-electron chi connectivity index (χ0n) is 11.9. The smallest absolute Gasteiger partial charge is 0.189 e. The Morgan fingerprint density at radius 1 is 1.48 bits per heavy atom. The number of hydrogen-bond acceptors (Lipinski definition) is 3. The fourth-order valence-electron chi connectivity index (χ4n) is 2.12. The molecule has 21 heavy (non-hydrogen) atoms. The number of hydrogen-bond donors (Lipinski definition) is 0. The van der Waals surface area contributed by atoms with Crippen LogP contribution >= 0.6 is 11.6 Å². The molecule has 0 spiro atoms. The maximum Gasteiger partial charge on any atom is 0.189 e. The van der Waals surface area contributed by atoms with E-state index in [1.807, 2.05) is 6.92 Å². The second-order valence-corrected chi connectivity index (χ2v) is 5.00. The lowest BCUT2D eigenvalue weighted by atomic mass is 10.1.